The van der Waals surface area contributed by atoms with Gasteiger partial charge in [-0.1, -0.05) is 0 Å². The van der Waals surface area contributed by atoms with Crippen LogP contribution in [0.2, 0.25) is 0 Å². The lowest BCUT2D eigenvalue weighted by Crippen LogP contribution is -2.49. The molecule has 0 spiro atoms. The van der Waals surface area contributed by atoms with Crippen molar-refractivity contribution in [3.05, 3.63) is 0 Å². The highest BCUT2D eigenvalue weighted by Crippen LogP contribution is 1.98. The van der Waals surface area contributed by atoms with Crippen LogP contribution in [0.5, 0.6) is 0 Å². The average Bonchev–Trinajstić information content (AvgIpc) is 2.23. The van der Waals surface area contributed by atoms with Crippen molar-refractivity contribution >= 4 is 23.8 Å². The molecule has 2 amide bonds. The van der Waals surface area contributed by atoms with Crippen molar-refractivity contribution in [3.8, 4) is 0 Å². The molecule has 0 heterocycles. The molecule has 0 saturated carbocycles. The van der Waals surface area contributed by atoms with Crippen LogP contribution in [0.25, 0.3) is 0 Å². The predicted octanol–water partition coefficient (Wildman–Crippen LogP) is -2.38. The molecule has 7 N–H and O–H groups in total. The van der Waals surface area contributed by atoms with Crippen LogP contribution in [0.3, 0.4) is 0 Å². The van der Waals surface area contributed by atoms with Crippen molar-refractivity contribution in [1.82, 2.24) is 5.32 Å². The monoisotopic (exact) mass is 261 g/mol. The Balaban J connectivity index is 4.36. The molecule has 2 atom stereocenters. The van der Waals surface area contributed by atoms with Gasteiger partial charge in [-0.05, 0) is 6.42 Å². The highest BCUT2D eigenvalue weighted by Gasteiger charge is 2.24. The first-order valence-electron chi connectivity index (χ1n) is 5.03. The molecule has 0 radical (unpaired) electrons. The van der Waals surface area contributed by atoms with Crippen LogP contribution in [-0.2, 0) is 19.2 Å². The molecule has 0 aliphatic rings. The summed E-state index contributed by atoms with van der Waals surface area (Å²) in [7, 11) is 0. The zero-order chi connectivity index (χ0) is 14.3. The number of primary amides is 1. The van der Waals surface area contributed by atoms with Crippen LogP contribution in [0.4, 0.5) is 0 Å². The fourth-order valence-corrected chi connectivity index (χ4v) is 1.09. The third-order valence-corrected chi connectivity index (χ3v) is 2.03. The molecule has 0 fully saturated rings. The maximum atomic E-state index is 11.4. The quantitative estimate of drug-likeness (QED) is 0.324. The lowest BCUT2D eigenvalue weighted by molar-refractivity contribution is -0.143. The lowest BCUT2D eigenvalue weighted by Gasteiger charge is -2.16. The minimum Gasteiger partial charge on any atom is -0.481 e. The molecule has 0 aliphatic carbocycles. The van der Waals surface area contributed by atoms with E-state index < -0.39 is 42.3 Å². The number of carboxylic acid groups (broad SMARTS) is 2. The number of hydrogen-bond donors (Lipinski definition) is 5. The summed E-state index contributed by atoms with van der Waals surface area (Å²) in [5, 5.41) is 19.1. The van der Waals surface area contributed by atoms with Gasteiger partial charge in [0.2, 0.25) is 11.8 Å². The summed E-state index contributed by atoms with van der Waals surface area (Å²) in [6.07, 6.45) is -1.01. The smallest absolute Gasteiger partial charge is 0.326 e. The van der Waals surface area contributed by atoms with E-state index in [4.69, 9.17) is 21.7 Å². The summed E-state index contributed by atoms with van der Waals surface area (Å²) >= 11 is 0. The van der Waals surface area contributed by atoms with Gasteiger partial charge in [0.15, 0.2) is 0 Å². The number of rotatable bonds is 8. The molecular formula is C9H15N3O6. The number of carbonyl (C=O) groups is 4. The summed E-state index contributed by atoms with van der Waals surface area (Å²) in [4.78, 5) is 42.9. The largest absolute Gasteiger partial charge is 0.481 e. The molecule has 9 nitrogen and oxygen atoms in total. The molecule has 102 valence electrons. The molecule has 0 aromatic heterocycles. The number of carboxylic acids is 2. The first-order valence-corrected chi connectivity index (χ1v) is 5.03. The zero-order valence-electron chi connectivity index (χ0n) is 9.46. The second-order valence-corrected chi connectivity index (χ2v) is 3.61. The van der Waals surface area contributed by atoms with E-state index in [1.165, 1.54) is 0 Å². The van der Waals surface area contributed by atoms with E-state index in [1.54, 1.807) is 0 Å². The van der Waals surface area contributed by atoms with Crippen molar-refractivity contribution in [1.29, 1.82) is 0 Å². The highest BCUT2D eigenvalue weighted by molar-refractivity contribution is 5.90. The van der Waals surface area contributed by atoms with Gasteiger partial charge in [0.05, 0.1) is 12.5 Å². The van der Waals surface area contributed by atoms with Gasteiger partial charge in [0, 0.05) is 6.42 Å². The highest BCUT2D eigenvalue weighted by atomic mass is 16.4. The Morgan fingerprint density at radius 1 is 1.17 bits per heavy atom. The number of nitrogens with one attached hydrogen (secondary N) is 1. The minimum absolute atomic E-state index is 0.135. The van der Waals surface area contributed by atoms with Gasteiger partial charge in [-0.3, -0.25) is 14.4 Å². The van der Waals surface area contributed by atoms with Crippen LogP contribution in [0.15, 0.2) is 0 Å². The molecular weight excluding hydrogens is 246 g/mol. The fraction of sp³-hybridized carbons (Fsp3) is 0.556. The topological polar surface area (TPSA) is 173 Å². The molecule has 0 rings (SSSR count). The van der Waals surface area contributed by atoms with Crippen molar-refractivity contribution in [2.45, 2.75) is 31.3 Å². The minimum atomic E-state index is -1.47. The van der Waals surface area contributed by atoms with Crippen molar-refractivity contribution in [2.75, 3.05) is 0 Å². The van der Waals surface area contributed by atoms with E-state index in [9.17, 15) is 19.2 Å². The van der Waals surface area contributed by atoms with E-state index in [0.29, 0.717) is 0 Å². The first kappa shape index (κ1) is 15.8. The van der Waals surface area contributed by atoms with Gasteiger partial charge in [0.25, 0.3) is 0 Å². The van der Waals surface area contributed by atoms with Crippen LogP contribution >= 0.6 is 0 Å². The molecule has 0 aromatic rings. The normalized spacial score (nSPS) is 13.4. The van der Waals surface area contributed by atoms with Crippen LogP contribution in [0, 0.1) is 0 Å². The molecule has 0 aromatic carbocycles. The number of hydrogen-bond acceptors (Lipinski definition) is 5. The second kappa shape index (κ2) is 7.22. The average molecular weight is 261 g/mol. The Labute approximate surface area is 102 Å². The van der Waals surface area contributed by atoms with Gasteiger partial charge in [0.1, 0.15) is 6.04 Å². The SMILES string of the molecule is NC(=O)CC(NC(=O)C(N)CCC(=O)O)C(=O)O. The fourth-order valence-electron chi connectivity index (χ4n) is 1.09. The van der Waals surface area contributed by atoms with E-state index in [-0.39, 0.29) is 12.8 Å². The Kier molecular flexibility index (Phi) is 6.35. The van der Waals surface area contributed by atoms with E-state index in [0.717, 1.165) is 0 Å². The summed E-state index contributed by atoms with van der Waals surface area (Å²) < 4.78 is 0. The lowest BCUT2D eigenvalue weighted by atomic mass is 10.1. The standard InChI is InChI=1S/C9H15N3O6/c10-4(1-2-7(14)15)8(16)12-5(9(17)18)3-6(11)13/h4-5H,1-3,10H2,(H2,11,13)(H,12,16)(H,14,15)(H,17,18). The van der Waals surface area contributed by atoms with Crippen LogP contribution in [-0.4, -0.2) is 46.0 Å². The maximum absolute atomic E-state index is 11.4. The molecule has 9 heteroatoms. The molecule has 18 heavy (non-hydrogen) atoms. The van der Waals surface area contributed by atoms with Gasteiger partial charge >= 0.3 is 11.9 Å². The third kappa shape index (κ3) is 6.43. The van der Waals surface area contributed by atoms with Crippen molar-refractivity contribution in [2.24, 2.45) is 11.5 Å². The Morgan fingerprint density at radius 2 is 1.72 bits per heavy atom. The summed E-state index contributed by atoms with van der Waals surface area (Å²) in [6, 6.07) is -2.62. The number of amides is 2. The van der Waals surface area contributed by atoms with Crippen molar-refractivity contribution < 1.29 is 29.4 Å². The summed E-state index contributed by atoms with van der Waals surface area (Å²) in [6.45, 7) is 0. The third-order valence-electron chi connectivity index (χ3n) is 2.03. The molecule has 0 aliphatic heterocycles. The zero-order valence-corrected chi connectivity index (χ0v) is 9.46. The maximum Gasteiger partial charge on any atom is 0.326 e. The molecule has 0 bridgehead atoms. The number of carbonyl (C=O) groups excluding carboxylic acids is 2. The van der Waals surface area contributed by atoms with E-state index >= 15 is 0 Å². The number of nitrogens with two attached hydrogens (primary N) is 2. The summed E-state index contributed by atoms with van der Waals surface area (Å²) in [5.41, 5.74) is 10.2. The van der Waals surface area contributed by atoms with E-state index in [1.807, 2.05) is 5.32 Å². The first-order chi connectivity index (χ1) is 8.23. The predicted molar refractivity (Wildman–Crippen MR) is 58.2 cm³/mol. The second-order valence-electron chi connectivity index (χ2n) is 3.61. The van der Waals surface area contributed by atoms with Crippen molar-refractivity contribution in [3.63, 3.8) is 0 Å². The van der Waals surface area contributed by atoms with Gasteiger partial charge in [-0.2, -0.15) is 0 Å². The van der Waals surface area contributed by atoms with Gasteiger partial charge < -0.3 is 27.0 Å². The molecule has 2 unspecified atom stereocenters. The Hall–Kier alpha value is -2.16. The molecule has 0 saturated heterocycles. The van der Waals surface area contributed by atoms with Crippen LogP contribution in [0.1, 0.15) is 19.3 Å². The Morgan fingerprint density at radius 3 is 2.11 bits per heavy atom. The van der Waals surface area contributed by atoms with E-state index in [2.05, 4.69) is 0 Å². The summed E-state index contributed by atoms with van der Waals surface area (Å²) in [5.74, 6) is -4.27. The van der Waals surface area contributed by atoms with Crippen LogP contribution < -0.4 is 16.8 Å². The van der Waals surface area contributed by atoms with Gasteiger partial charge in [-0.15, -0.1) is 0 Å². The number of aliphatic carboxylic acids is 2. The Bertz CT molecular complexity index is 356. The van der Waals surface area contributed by atoms with Gasteiger partial charge in [-0.25, -0.2) is 4.79 Å².